The fourth-order valence-electron chi connectivity index (χ4n) is 3.40. The fraction of sp³-hybridized carbons (Fsp3) is 0.185. The lowest BCUT2D eigenvalue weighted by Gasteiger charge is -2.11. The van der Waals surface area contributed by atoms with Gasteiger partial charge in [0.25, 0.3) is 5.91 Å². The number of ether oxygens (including phenoxy) is 4. The van der Waals surface area contributed by atoms with Crippen LogP contribution in [0.25, 0.3) is 0 Å². The van der Waals surface area contributed by atoms with E-state index in [9.17, 15) is 14.4 Å². The van der Waals surface area contributed by atoms with Crippen molar-refractivity contribution in [1.29, 1.82) is 0 Å². The summed E-state index contributed by atoms with van der Waals surface area (Å²) < 4.78 is 21.4. The molecule has 0 saturated carbocycles. The van der Waals surface area contributed by atoms with Gasteiger partial charge in [0, 0.05) is 13.1 Å². The van der Waals surface area contributed by atoms with Crippen LogP contribution in [0.5, 0.6) is 23.0 Å². The van der Waals surface area contributed by atoms with Crippen molar-refractivity contribution in [3.05, 3.63) is 83.4 Å². The molecule has 1 heterocycles. The van der Waals surface area contributed by atoms with Crippen LogP contribution in [-0.2, 0) is 27.5 Å². The number of benzene rings is 3. The van der Waals surface area contributed by atoms with Crippen LogP contribution in [0, 0.1) is 0 Å². The maximum atomic E-state index is 12.1. The van der Waals surface area contributed by atoms with E-state index in [0.29, 0.717) is 35.1 Å². The lowest BCUT2D eigenvalue weighted by molar-refractivity contribution is -0.139. The van der Waals surface area contributed by atoms with Crippen molar-refractivity contribution in [3.8, 4) is 23.0 Å². The summed E-state index contributed by atoms with van der Waals surface area (Å²) in [5.74, 6) is -0.0797. The minimum absolute atomic E-state index is 0.134. The summed E-state index contributed by atoms with van der Waals surface area (Å²) in [7, 11) is 1.46. The smallest absolute Gasteiger partial charge is 0.329 e. The van der Waals surface area contributed by atoms with Crippen LogP contribution in [0.3, 0.4) is 0 Å². The molecule has 0 aromatic heterocycles. The van der Waals surface area contributed by atoms with E-state index in [1.54, 1.807) is 36.4 Å². The number of rotatable bonds is 10. The van der Waals surface area contributed by atoms with Gasteiger partial charge < -0.3 is 29.6 Å². The maximum Gasteiger partial charge on any atom is 0.329 e. The van der Waals surface area contributed by atoms with Crippen molar-refractivity contribution < 1.29 is 33.3 Å². The summed E-state index contributed by atoms with van der Waals surface area (Å²) in [5, 5.41) is 9.11. The van der Waals surface area contributed by atoms with E-state index < -0.39 is 11.8 Å². The molecule has 0 spiro atoms. The highest BCUT2D eigenvalue weighted by molar-refractivity contribution is 6.35. The normalized spacial score (nSPS) is 11.6. The molecule has 3 aromatic rings. The third-order valence-corrected chi connectivity index (χ3v) is 5.35. The van der Waals surface area contributed by atoms with Crippen molar-refractivity contribution in [1.82, 2.24) is 16.1 Å². The second-order valence-corrected chi connectivity index (χ2v) is 8.03. The first-order valence-corrected chi connectivity index (χ1v) is 11.6. The number of methoxy groups -OCH3 is 1. The van der Waals surface area contributed by atoms with Gasteiger partial charge in [-0.1, -0.05) is 36.4 Å². The quantitative estimate of drug-likeness (QED) is 0.212. The number of fused-ring (bicyclic) bond motifs is 1. The summed E-state index contributed by atoms with van der Waals surface area (Å²) in [6, 6.07) is 19.7. The van der Waals surface area contributed by atoms with E-state index in [1.165, 1.54) is 13.3 Å². The van der Waals surface area contributed by atoms with Crippen molar-refractivity contribution >= 4 is 23.9 Å². The standard InChI is InChI=1S/C27H26N4O7/c1-35-23-11-20(8-9-21(23)36-16-25(32)28-13-18-5-3-2-4-6-18)15-30-31-27(34)26(33)29-14-19-7-10-22-24(12-19)38-17-37-22/h2-12,15H,13-14,16-17H2,1H3,(H,28,32)(H,29,33)(H,31,34)/b30-15-. The molecule has 0 atom stereocenters. The molecule has 0 radical (unpaired) electrons. The molecule has 0 unspecified atom stereocenters. The molecule has 11 nitrogen and oxygen atoms in total. The number of hydrazone groups is 1. The molecule has 0 saturated heterocycles. The molecule has 4 rings (SSSR count). The third kappa shape index (κ3) is 7.23. The van der Waals surface area contributed by atoms with Crippen molar-refractivity contribution in [3.63, 3.8) is 0 Å². The summed E-state index contributed by atoms with van der Waals surface area (Å²) >= 11 is 0. The summed E-state index contributed by atoms with van der Waals surface area (Å²) in [5.41, 5.74) is 4.48. The molecular formula is C27H26N4O7. The van der Waals surface area contributed by atoms with Crippen LogP contribution < -0.4 is 35.0 Å². The van der Waals surface area contributed by atoms with E-state index in [0.717, 1.165) is 11.1 Å². The summed E-state index contributed by atoms with van der Waals surface area (Å²) in [4.78, 5) is 36.2. The van der Waals surface area contributed by atoms with Gasteiger partial charge in [-0.3, -0.25) is 14.4 Å². The largest absolute Gasteiger partial charge is 0.493 e. The Kier molecular flexibility index (Phi) is 8.74. The number of nitrogens with one attached hydrogen (secondary N) is 3. The SMILES string of the molecule is COc1cc(/C=N\NC(=O)C(=O)NCc2ccc3c(c2)OCO3)ccc1OCC(=O)NCc1ccccc1. The van der Waals surface area contributed by atoms with E-state index >= 15 is 0 Å². The first-order valence-electron chi connectivity index (χ1n) is 11.6. The van der Waals surface area contributed by atoms with Crippen molar-refractivity contribution in [2.45, 2.75) is 13.1 Å². The van der Waals surface area contributed by atoms with E-state index in [-0.39, 0.29) is 25.9 Å². The highest BCUT2D eigenvalue weighted by Crippen LogP contribution is 2.32. The number of nitrogens with zero attached hydrogens (tertiary/aromatic N) is 1. The molecule has 3 amide bonds. The van der Waals surface area contributed by atoms with Gasteiger partial charge in [-0.25, -0.2) is 5.43 Å². The van der Waals surface area contributed by atoms with Crippen molar-refractivity contribution in [2.75, 3.05) is 20.5 Å². The zero-order valence-corrected chi connectivity index (χ0v) is 20.6. The van der Waals surface area contributed by atoms with E-state index in [1.807, 2.05) is 30.3 Å². The van der Waals surface area contributed by atoms with Gasteiger partial charge >= 0.3 is 11.8 Å². The average molecular weight is 519 g/mol. The summed E-state index contributed by atoms with van der Waals surface area (Å²) in [6.45, 7) is 0.501. The van der Waals surface area contributed by atoms with Gasteiger partial charge in [-0.05, 0) is 47.0 Å². The second kappa shape index (κ2) is 12.8. The van der Waals surface area contributed by atoms with E-state index in [2.05, 4.69) is 21.2 Å². The zero-order chi connectivity index (χ0) is 26.7. The predicted octanol–water partition coefficient (Wildman–Crippen LogP) is 1.89. The molecule has 196 valence electrons. The van der Waals surface area contributed by atoms with Crippen molar-refractivity contribution in [2.24, 2.45) is 5.10 Å². The topological polar surface area (TPSA) is 137 Å². The van der Waals surface area contributed by atoms with Gasteiger partial charge in [-0.15, -0.1) is 0 Å². The fourth-order valence-corrected chi connectivity index (χ4v) is 3.40. The Hall–Kier alpha value is -5.06. The molecule has 1 aliphatic rings. The highest BCUT2D eigenvalue weighted by Gasteiger charge is 2.16. The number of hydrogen-bond acceptors (Lipinski definition) is 8. The van der Waals surface area contributed by atoms with Crippen LogP contribution in [0.15, 0.2) is 71.8 Å². The van der Waals surface area contributed by atoms with Crippen LogP contribution in [-0.4, -0.2) is 44.4 Å². The molecule has 0 bridgehead atoms. The Labute approximate surface area is 218 Å². The second-order valence-electron chi connectivity index (χ2n) is 8.03. The Morgan fingerprint density at radius 1 is 0.868 bits per heavy atom. The molecule has 11 heteroatoms. The van der Waals surface area contributed by atoms with Gasteiger partial charge in [0.05, 0.1) is 13.3 Å². The highest BCUT2D eigenvalue weighted by atomic mass is 16.7. The number of hydrogen-bond donors (Lipinski definition) is 3. The Morgan fingerprint density at radius 2 is 1.66 bits per heavy atom. The molecule has 3 aromatic carbocycles. The number of carbonyl (C=O) groups excluding carboxylic acids is 3. The third-order valence-electron chi connectivity index (χ3n) is 5.35. The van der Waals surface area contributed by atoms with Gasteiger partial charge in [-0.2, -0.15) is 5.10 Å². The molecule has 1 aliphatic heterocycles. The molecule has 0 fully saturated rings. The maximum absolute atomic E-state index is 12.1. The molecule has 38 heavy (non-hydrogen) atoms. The molecule has 0 aliphatic carbocycles. The Balaban J connectivity index is 1.22. The van der Waals surface area contributed by atoms with Crippen LogP contribution in [0.1, 0.15) is 16.7 Å². The minimum Gasteiger partial charge on any atom is -0.493 e. The minimum atomic E-state index is -0.921. The lowest BCUT2D eigenvalue weighted by atomic mass is 10.2. The van der Waals surface area contributed by atoms with Crippen LogP contribution in [0.4, 0.5) is 0 Å². The number of amides is 3. The molecule has 3 N–H and O–H groups in total. The zero-order valence-electron chi connectivity index (χ0n) is 20.6. The first kappa shape index (κ1) is 26.0. The van der Waals surface area contributed by atoms with E-state index in [4.69, 9.17) is 18.9 Å². The number of carbonyl (C=O) groups is 3. The predicted molar refractivity (Wildman–Crippen MR) is 137 cm³/mol. The van der Waals surface area contributed by atoms with Crippen LogP contribution in [0.2, 0.25) is 0 Å². The Morgan fingerprint density at radius 3 is 2.47 bits per heavy atom. The monoisotopic (exact) mass is 518 g/mol. The first-order chi connectivity index (χ1) is 18.5. The van der Waals surface area contributed by atoms with Crippen LogP contribution >= 0.6 is 0 Å². The lowest BCUT2D eigenvalue weighted by Crippen LogP contribution is -2.37. The summed E-state index contributed by atoms with van der Waals surface area (Å²) in [6.07, 6.45) is 1.35. The molecular weight excluding hydrogens is 492 g/mol. The van der Waals surface area contributed by atoms with Gasteiger partial charge in [0.15, 0.2) is 29.6 Å². The Bertz CT molecular complexity index is 1330. The van der Waals surface area contributed by atoms with Gasteiger partial charge in [0.2, 0.25) is 6.79 Å². The average Bonchev–Trinajstić information content (AvgIpc) is 3.42. The van der Waals surface area contributed by atoms with Gasteiger partial charge in [0.1, 0.15) is 0 Å².